The molecular formula is C24H29N5O3. The van der Waals surface area contributed by atoms with Gasteiger partial charge in [0, 0.05) is 33.2 Å². The maximum Gasteiger partial charge on any atom is 0.318 e. The van der Waals surface area contributed by atoms with Crippen molar-refractivity contribution in [3.63, 3.8) is 0 Å². The standard InChI is InChI=1S/C24H29N5O3/c1-3-32-22(30)17-20(18-9-5-4-6-10-18)26-24(31)29-15-13-28(14-16-29)23-25-19-11-7-8-12-21(19)27(23)2/h4-12,20H,3,13-17H2,1-2H3,(H,26,31). The predicted octanol–water partition coefficient (Wildman–Crippen LogP) is 3.10. The van der Waals surface area contributed by atoms with Crippen molar-refractivity contribution in [3.8, 4) is 0 Å². The molecule has 1 aliphatic heterocycles. The Morgan fingerprint density at radius 2 is 1.72 bits per heavy atom. The number of fused-ring (bicyclic) bond motifs is 1. The molecule has 0 aliphatic carbocycles. The fourth-order valence-electron chi connectivity index (χ4n) is 4.09. The number of urea groups is 1. The largest absolute Gasteiger partial charge is 0.466 e. The van der Waals surface area contributed by atoms with E-state index in [2.05, 4.69) is 20.9 Å². The van der Waals surface area contributed by atoms with Crippen molar-refractivity contribution >= 4 is 29.0 Å². The third kappa shape index (κ3) is 4.69. The number of aryl methyl sites for hydroxylation is 1. The third-order valence-electron chi connectivity index (χ3n) is 5.79. The molecule has 1 atom stereocenters. The molecule has 0 saturated carbocycles. The predicted molar refractivity (Wildman–Crippen MR) is 123 cm³/mol. The van der Waals surface area contributed by atoms with E-state index in [4.69, 9.17) is 9.72 Å². The number of anilines is 1. The number of para-hydroxylation sites is 2. The van der Waals surface area contributed by atoms with Crippen LogP contribution in [0, 0.1) is 0 Å². The average molecular weight is 436 g/mol. The van der Waals surface area contributed by atoms with Gasteiger partial charge in [-0.15, -0.1) is 0 Å². The van der Waals surface area contributed by atoms with Gasteiger partial charge in [-0.25, -0.2) is 9.78 Å². The highest BCUT2D eigenvalue weighted by Crippen LogP contribution is 2.23. The lowest BCUT2D eigenvalue weighted by Crippen LogP contribution is -2.53. The Morgan fingerprint density at radius 1 is 1.03 bits per heavy atom. The van der Waals surface area contributed by atoms with Crippen LogP contribution in [0.2, 0.25) is 0 Å². The zero-order valence-corrected chi connectivity index (χ0v) is 18.5. The van der Waals surface area contributed by atoms with Crippen LogP contribution in [0.1, 0.15) is 24.9 Å². The first-order valence-electron chi connectivity index (χ1n) is 11.0. The zero-order chi connectivity index (χ0) is 22.5. The third-order valence-corrected chi connectivity index (χ3v) is 5.79. The first-order chi connectivity index (χ1) is 15.6. The van der Waals surface area contributed by atoms with Gasteiger partial charge in [-0.3, -0.25) is 4.79 Å². The summed E-state index contributed by atoms with van der Waals surface area (Å²) < 4.78 is 7.19. The van der Waals surface area contributed by atoms with E-state index in [0.717, 1.165) is 22.5 Å². The zero-order valence-electron chi connectivity index (χ0n) is 18.5. The van der Waals surface area contributed by atoms with Gasteiger partial charge in [0.05, 0.1) is 30.1 Å². The second-order valence-electron chi connectivity index (χ2n) is 7.86. The lowest BCUT2D eigenvalue weighted by atomic mass is 10.0. The minimum atomic E-state index is -0.430. The van der Waals surface area contributed by atoms with E-state index >= 15 is 0 Å². The van der Waals surface area contributed by atoms with Crippen LogP contribution in [0.25, 0.3) is 11.0 Å². The number of nitrogens with zero attached hydrogens (tertiary/aromatic N) is 4. The maximum atomic E-state index is 13.0. The van der Waals surface area contributed by atoms with E-state index in [9.17, 15) is 9.59 Å². The molecule has 168 valence electrons. The van der Waals surface area contributed by atoms with Crippen molar-refractivity contribution in [1.29, 1.82) is 0 Å². The van der Waals surface area contributed by atoms with Crippen LogP contribution in [-0.4, -0.2) is 59.2 Å². The molecule has 0 spiro atoms. The Hall–Kier alpha value is -3.55. The number of rotatable bonds is 6. The fraction of sp³-hybridized carbons (Fsp3) is 0.375. The monoisotopic (exact) mass is 435 g/mol. The summed E-state index contributed by atoms with van der Waals surface area (Å²) in [6.45, 7) is 4.64. The Labute approximate surface area is 187 Å². The van der Waals surface area contributed by atoms with Crippen LogP contribution >= 0.6 is 0 Å². The number of carbonyl (C=O) groups is 2. The highest BCUT2D eigenvalue weighted by Gasteiger charge is 2.27. The van der Waals surface area contributed by atoms with E-state index < -0.39 is 6.04 Å². The number of benzene rings is 2. The highest BCUT2D eigenvalue weighted by atomic mass is 16.5. The van der Waals surface area contributed by atoms with Crippen LogP contribution in [-0.2, 0) is 16.6 Å². The maximum absolute atomic E-state index is 13.0. The van der Waals surface area contributed by atoms with Crippen LogP contribution in [0.15, 0.2) is 54.6 Å². The molecule has 1 aromatic heterocycles. The van der Waals surface area contributed by atoms with Gasteiger partial charge < -0.3 is 24.4 Å². The van der Waals surface area contributed by atoms with E-state index in [1.54, 1.807) is 11.8 Å². The van der Waals surface area contributed by atoms with Gasteiger partial charge in [-0.1, -0.05) is 42.5 Å². The molecule has 3 aromatic rings. The Balaban J connectivity index is 1.40. The van der Waals surface area contributed by atoms with Gasteiger partial charge in [0.1, 0.15) is 0 Å². The summed E-state index contributed by atoms with van der Waals surface area (Å²) in [4.78, 5) is 33.8. The van der Waals surface area contributed by atoms with E-state index in [1.807, 2.05) is 55.6 Å². The molecule has 32 heavy (non-hydrogen) atoms. The summed E-state index contributed by atoms with van der Waals surface area (Å²) >= 11 is 0. The molecule has 1 aliphatic rings. The molecule has 1 saturated heterocycles. The van der Waals surface area contributed by atoms with Gasteiger partial charge in [0.25, 0.3) is 0 Å². The van der Waals surface area contributed by atoms with Crippen LogP contribution in [0.3, 0.4) is 0 Å². The molecule has 4 rings (SSSR count). The second-order valence-corrected chi connectivity index (χ2v) is 7.86. The molecule has 8 nitrogen and oxygen atoms in total. The SMILES string of the molecule is CCOC(=O)CC(NC(=O)N1CCN(c2nc3ccccc3n2C)CC1)c1ccccc1. The van der Waals surface area contributed by atoms with Gasteiger partial charge >= 0.3 is 12.0 Å². The first kappa shape index (κ1) is 21.7. The Bertz CT molecular complexity index is 1070. The van der Waals surface area contributed by atoms with E-state index in [-0.39, 0.29) is 18.4 Å². The molecule has 8 heteroatoms. The van der Waals surface area contributed by atoms with E-state index in [1.165, 1.54) is 0 Å². The van der Waals surface area contributed by atoms with Gasteiger partial charge in [-0.05, 0) is 24.6 Å². The lowest BCUT2D eigenvalue weighted by molar-refractivity contribution is -0.143. The van der Waals surface area contributed by atoms with Crippen molar-refractivity contribution in [2.24, 2.45) is 7.05 Å². The Kier molecular flexibility index (Phi) is 6.58. The quantitative estimate of drug-likeness (QED) is 0.602. The second kappa shape index (κ2) is 9.72. The molecule has 1 unspecified atom stereocenters. The Morgan fingerprint density at radius 3 is 2.41 bits per heavy atom. The number of hydrogen-bond acceptors (Lipinski definition) is 5. The van der Waals surface area contributed by atoms with Crippen LogP contribution < -0.4 is 10.2 Å². The number of imidazole rings is 1. The average Bonchev–Trinajstić information content (AvgIpc) is 3.16. The molecule has 2 heterocycles. The number of amides is 2. The van der Waals surface area contributed by atoms with E-state index in [0.29, 0.717) is 32.8 Å². The molecular weight excluding hydrogens is 406 g/mol. The summed E-state index contributed by atoms with van der Waals surface area (Å²) in [6, 6.07) is 17.0. The van der Waals surface area contributed by atoms with Crippen LogP contribution in [0.4, 0.5) is 10.7 Å². The molecule has 2 aromatic carbocycles. The minimum Gasteiger partial charge on any atom is -0.466 e. The molecule has 0 radical (unpaired) electrons. The van der Waals surface area contributed by atoms with Crippen molar-refractivity contribution < 1.29 is 14.3 Å². The van der Waals surface area contributed by atoms with Gasteiger partial charge in [0.15, 0.2) is 0 Å². The number of piperazine rings is 1. The molecule has 2 amide bonds. The van der Waals surface area contributed by atoms with Crippen molar-refractivity contribution in [3.05, 3.63) is 60.2 Å². The van der Waals surface area contributed by atoms with Crippen molar-refractivity contribution in [2.75, 3.05) is 37.7 Å². The van der Waals surface area contributed by atoms with Crippen molar-refractivity contribution in [2.45, 2.75) is 19.4 Å². The van der Waals surface area contributed by atoms with Gasteiger partial charge in [0.2, 0.25) is 5.95 Å². The lowest BCUT2D eigenvalue weighted by Gasteiger charge is -2.36. The number of aromatic nitrogens is 2. The summed E-state index contributed by atoms with van der Waals surface area (Å²) in [6.07, 6.45) is 0.101. The summed E-state index contributed by atoms with van der Waals surface area (Å²) in [5.74, 6) is 0.587. The minimum absolute atomic E-state index is 0.101. The molecule has 1 N–H and O–H groups in total. The fourth-order valence-corrected chi connectivity index (χ4v) is 4.09. The molecule has 1 fully saturated rings. The number of ether oxygens (including phenoxy) is 1. The summed E-state index contributed by atoms with van der Waals surface area (Å²) in [5.41, 5.74) is 2.94. The topological polar surface area (TPSA) is 79.7 Å². The number of nitrogens with one attached hydrogen (secondary N) is 1. The van der Waals surface area contributed by atoms with Crippen molar-refractivity contribution in [1.82, 2.24) is 19.8 Å². The van der Waals surface area contributed by atoms with Gasteiger partial charge in [-0.2, -0.15) is 0 Å². The smallest absolute Gasteiger partial charge is 0.318 e. The van der Waals surface area contributed by atoms with Crippen LogP contribution in [0.5, 0.6) is 0 Å². The summed E-state index contributed by atoms with van der Waals surface area (Å²) in [5, 5.41) is 3.03. The number of carbonyl (C=O) groups excluding carboxylic acids is 2. The molecule has 0 bridgehead atoms. The number of hydrogen-bond donors (Lipinski definition) is 1. The number of esters is 1. The summed E-state index contributed by atoms with van der Waals surface area (Å²) in [7, 11) is 2.02. The normalized spacial score (nSPS) is 14.9. The highest BCUT2D eigenvalue weighted by molar-refractivity contribution is 5.79. The first-order valence-corrected chi connectivity index (χ1v) is 11.0.